The zero-order valence-corrected chi connectivity index (χ0v) is 19.2. The molecule has 1 aromatic heterocycles. The van der Waals surface area contributed by atoms with Crippen LogP contribution in [-0.4, -0.2) is 33.6 Å². The van der Waals surface area contributed by atoms with Crippen LogP contribution in [0.4, 0.5) is 0 Å². The van der Waals surface area contributed by atoms with Gasteiger partial charge in [0.05, 0.1) is 11.6 Å². The van der Waals surface area contributed by atoms with Gasteiger partial charge in [0.1, 0.15) is 12.4 Å². The highest BCUT2D eigenvalue weighted by Gasteiger charge is 2.32. The van der Waals surface area contributed by atoms with Crippen LogP contribution < -0.4 is 10.3 Å². The molecule has 2 saturated carbocycles. The number of aromatic nitrogens is 1. The first-order valence-electron chi connectivity index (χ1n) is 12.5. The lowest BCUT2D eigenvalue weighted by Crippen LogP contribution is -2.43. The molecule has 0 aliphatic heterocycles. The molecule has 174 valence electrons. The summed E-state index contributed by atoms with van der Waals surface area (Å²) in [6, 6.07) is 18.4. The molecule has 2 fully saturated rings. The van der Waals surface area contributed by atoms with Crippen molar-refractivity contribution in [3.63, 3.8) is 0 Å². The second-order valence-corrected chi connectivity index (χ2v) is 9.63. The van der Waals surface area contributed by atoms with E-state index in [1.165, 1.54) is 57.4 Å². The lowest BCUT2D eigenvalue weighted by Gasteiger charge is -2.36. The van der Waals surface area contributed by atoms with Crippen molar-refractivity contribution >= 4 is 10.9 Å². The largest absolute Gasteiger partial charge is 0.487 e. The molecule has 5 nitrogen and oxygen atoms in total. The number of H-pyrrole nitrogens is 1. The molecule has 0 bridgehead atoms. The first-order valence-corrected chi connectivity index (χ1v) is 12.5. The van der Waals surface area contributed by atoms with Gasteiger partial charge in [-0.2, -0.15) is 0 Å². The summed E-state index contributed by atoms with van der Waals surface area (Å²) < 4.78 is 6.08. The summed E-state index contributed by atoms with van der Waals surface area (Å²) in [6.45, 7) is 1.07. The zero-order chi connectivity index (χ0) is 22.6. The maximum absolute atomic E-state index is 12.1. The minimum Gasteiger partial charge on any atom is -0.487 e. The number of nitrogens with one attached hydrogen (secondary N) is 1. The van der Waals surface area contributed by atoms with E-state index in [-0.39, 0.29) is 5.56 Å². The Bertz CT molecular complexity index is 1100. The molecule has 1 atom stereocenters. The van der Waals surface area contributed by atoms with E-state index in [9.17, 15) is 9.90 Å². The molecule has 1 heterocycles. The van der Waals surface area contributed by atoms with Crippen molar-refractivity contribution < 1.29 is 9.84 Å². The SMILES string of the molecule is O=c1ccc2c([C@@H](O)CN(C3CCCC3)C3CCCC3)ccc(OCc3ccccc3)c2[nH]1. The molecular formula is C28H34N2O3. The molecule has 0 saturated heterocycles. The molecule has 5 heteroatoms. The van der Waals surface area contributed by atoms with Crippen molar-refractivity contribution in [3.8, 4) is 5.75 Å². The number of ether oxygens (including phenoxy) is 1. The van der Waals surface area contributed by atoms with Crippen molar-refractivity contribution in [2.75, 3.05) is 6.54 Å². The number of fused-ring (bicyclic) bond motifs is 1. The Morgan fingerprint density at radius 3 is 2.24 bits per heavy atom. The van der Waals surface area contributed by atoms with Crippen LogP contribution in [0, 0.1) is 0 Å². The van der Waals surface area contributed by atoms with Gasteiger partial charge in [0, 0.05) is 30.1 Å². The summed E-state index contributed by atoms with van der Waals surface area (Å²) in [5.41, 5.74) is 2.41. The summed E-state index contributed by atoms with van der Waals surface area (Å²) in [4.78, 5) is 17.7. The lowest BCUT2D eigenvalue weighted by molar-refractivity contribution is 0.0588. The third-order valence-electron chi connectivity index (χ3n) is 7.46. The normalized spacial score (nSPS) is 18.4. The van der Waals surface area contributed by atoms with E-state index in [4.69, 9.17) is 4.74 Å². The predicted molar refractivity (Wildman–Crippen MR) is 132 cm³/mol. The summed E-state index contributed by atoms with van der Waals surface area (Å²) in [5.74, 6) is 0.631. The van der Waals surface area contributed by atoms with Gasteiger partial charge in [-0.1, -0.05) is 62.1 Å². The Morgan fingerprint density at radius 2 is 1.58 bits per heavy atom. The maximum Gasteiger partial charge on any atom is 0.248 e. The molecule has 0 spiro atoms. The van der Waals surface area contributed by atoms with Crippen molar-refractivity contribution in [3.05, 3.63) is 76.1 Å². The van der Waals surface area contributed by atoms with Crippen LogP contribution >= 0.6 is 0 Å². The van der Waals surface area contributed by atoms with Crippen molar-refractivity contribution in [2.45, 2.75) is 76.2 Å². The monoisotopic (exact) mass is 446 g/mol. The van der Waals surface area contributed by atoms with E-state index in [2.05, 4.69) is 9.88 Å². The van der Waals surface area contributed by atoms with Crippen LogP contribution in [0.3, 0.4) is 0 Å². The highest BCUT2D eigenvalue weighted by Crippen LogP contribution is 2.35. The van der Waals surface area contributed by atoms with Crippen LogP contribution in [-0.2, 0) is 6.61 Å². The third-order valence-corrected chi connectivity index (χ3v) is 7.46. The summed E-state index contributed by atoms with van der Waals surface area (Å²) in [7, 11) is 0. The van der Waals surface area contributed by atoms with Gasteiger partial charge in [-0.15, -0.1) is 0 Å². The maximum atomic E-state index is 12.1. The molecule has 2 aliphatic carbocycles. The highest BCUT2D eigenvalue weighted by atomic mass is 16.5. The average Bonchev–Trinajstić information content (AvgIpc) is 3.56. The Morgan fingerprint density at radius 1 is 0.909 bits per heavy atom. The quantitative estimate of drug-likeness (QED) is 0.491. The fourth-order valence-corrected chi connectivity index (χ4v) is 5.76. The standard InChI is InChI=1S/C28H34N2O3/c31-25(18-30(21-10-4-5-11-21)22-12-6-7-13-22)23-14-16-26(28-24(23)15-17-27(32)29-28)33-19-20-8-2-1-3-9-20/h1-3,8-9,14-17,21-22,25,31H,4-7,10-13,18-19H2,(H,29,32)/t25-/m0/s1. The number of aromatic amines is 1. The van der Waals surface area contributed by atoms with E-state index in [1.807, 2.05) is 48.5 Å². The van der Waals surface area contributed by atoms with E-state index in [0.717, 1.165) is 16.5 Å². The molecule has 5 rings (SSSR count). The van der Waals surface area contributed by atoms with Gasteiger partial charge < -0.3 is 14.8 Å². The molecule has 3 aromatic rings. The molecule has 2 aromatic carbocycles. The molecule has 0 amide bonds. The topological polar surface area (TPSA) is 65.6 Å². The van der Waals surface area contributed by atoms with Gasteiger partial charge in [-0.3, -0.25) is 9.69 Å². The van der Waals surface area contributed by atoms with Crippen molar-refractivity contribution in [2.24, 2.45) is 0 Å². The fraction of sp³-hybridized carbons (Fsp3) is 0.464. The Hall–Kier alpha value is -2.63. The fourth-order valence-electron chi connectivity index (χ4n) is 5.76. The Labute approximate surface area is 195 Å². The van der Waals surface area contributed by atoms with Gasteiger partial charge in [-0.05, 0) is 48.9 Å². The summed E-state index contributed by atoms with van der Waals surface area (Å²) >= 11 is 0. The smallest absolute Gasteiger partial charge is 0.248 e. The predicted octanol–water partition coefficient (Wildman–Crippen LogP) is 5.33. The molecule has 2 N–H and O–H groups in total. The van der Waals surface area contributed by atoms with Gasteiger partial charge in [0.25, 0.3) is 0 Å². The molecular weight excluding hydrogens is 412 g/mol. The van der Waals surface area contributed by atoms with E-state index >= 15 is 0 Å². The van der Waals surface area contributed by atoms with Crippen molar-refractivity contribution in [1.29, 1.82) is 0 Å². The van der Waals surface area contributed by atoms with Gasteiger partial charge in [-0.25, -0.2) is 0 Å². The second kappa shape index (κ2) is 10.1. The van der Waals surface area contributed by atoms with E-state index in [0.29, 0.717) is 36.5 Å². The average molecular weight is 447 g/mol. The molecule has 0 unspecified atom stereocenters. The number of pyridine rings is 1. The minimum absolute atomic E-state index is 0.169. The van der Waals surface area contributed by atoms with Crippen LogP contribution in [0.15, 0.2) is 59.4 Å². The number of aliphatic hydroxyl groups excluding tert-OH is 1. The Kier molecular flexibility index (Phi) is 6.79. The van der Waals surface area contributed by atoms with E-state index in [1.54, 1.807) is 0 Å². The molecule has 0 radical (unpaired) electrons. The zero-order valence-electron chi connectivity index (χ0n) is 19.2. The molecule has 33 heavy (non-hydrogen) atoms. The highest BCUT2D eigenvalue weighted by molar-refractivity contribution is 5.87. The third kappa shape index (κ3) is 4.99. The van der Waals surface area contributed by atoms with Crippen LogP contribution in [0.5, 0.6) is 5.75 Å². The van der Waals surface area contributed by atoms with Crippen LogP contribution in [0.2, 0.25) is 0 Å². The van der Waals surface area contributed by atoms with Gasteiger partial charge >= 0.3 is 0 Å². The number of nitrogens with zero attached hydrogens (tertiary/aromatic N) is 1. The van der Waals surface area contributed by atoms with Gasteiger partial charge in [0.2, 0.25) is 5.56 Å². The van der Waals surface area contributed by atoms with Crippen LogP contribution in [0.1, 0.15) is 68.6 Å². The number of hydrogen-bond acceptors (Lipinski definition) is 4. The summed E-state index contributed by atoms with van der Waals surface area (Å²) in [6.07, 6.45) is 9.52. The lowest BCUT2D eigenvalue weighted by atomic mass is 10.00. The van der Waals surface area contributed by atoms with Crippen molar-refractivity contribution in [1.82, 2.24) is 9.88 Å². The van der Waals surface area contributed by atoms with Gasteiger partial charge in [0.15, 0.2) is 0 Å². The number of benzene rings is 2. The minimum atomic E-state index is -0.609. The Balaban J connectivity index is 1.41. The second-order valence-electron chi connectivity index (χ2n) is 9.63. The first-order chi connectivity index (χ1) is 16.2. The molecule has 2 aliphatic rings. The summed E-state index contributed by atoms with van der Waals surface area (Å²) in [5, 5.41) is 12.3. The number of hydrogen-bond donors (Lipinski definition) is 2. The number of aliphatic hydroxyl groups is 1. The van der Waals surface area contributed by atoms with E-state index < -0.39 is 6.10 Å². The number of rotatable bonds is 8. The first kappa shape index (κ1) is 22.2. The van der Waals surface area contributed by atoms with Crippen LogP contribution in [0.25, 0.3) is 10.9 Å².